The zero-order chi connectivity index (χ0) is 17.3. The molecule has 24 heavy (non-hydrogen) atoms. The van der Waals surface area contributed by atoms with Gasteiger partial charge in [-0.25, -0.2) is 4.39 Å². The minimum absolute atomic E-state index is 0.0000797. The van der Waals surface area contributed by atoms with E-state index in [1.54, 1.807) is 38.2 Å². The van der Waals surface area contributed by atoms with Crippen LogP contribution in [-0.2, 0) is 11.3 Å². The van der Waals surface area contributed by atoms with E-state index in [1.165, 1.54) is 23.1 Å². The van der Waals surface area contributed by atoms with Crippen molar-refractivity contribution in [1.29, 1.82) is 0 Å². The van der Waals surface area contributed by atoms with Gasteiger partial charge in [0, 0.05) is 13.6 Å². The summed E-state index contributed by atoms with van der Waals surface area (Å²) in [6.07, 6.45) is -0.519. The highest BCUT2D eigenvalue weighted by atomic mass is 19.1. The summed E-state index contributed by atoms with van der Waals surface area (Å²) in [7, 11) is 1.68. The summed E-state index contributed by atoms with van der Waals surface area (Å²) < 4.78 is 19.2. The topological polar surface area (TPSA) is 58.6 Å². The van der Waals surface area contributed by atoms with E-state index >= 15 is 0 Å². The summed E-state index contributed by atoms with van der Waals surface area (Å²) in [5, 5.41) is 2.67. The van der Waals surface area contributed by atoms with Crippen molar-refractivity contribution in [1.82, 2.24) is 5.32 Å². The largest absolute Gasteiger partial charge is 0.479 e. The molecule has 0 saturated heterocycles. The first-order valence-corrected chi connectivity index (χ1v) is 7.57. The third-order valence-corrected chi connectivity index (χ3v) is 3.94. The first kappa shape index (κ1) is 16.0. The van der Waals surface area contributed by atoms with Gasteiger partial charge in [0.25, 0.3) is 11.8 Å². The monoisotopic (exact) mass is 328 g/mol. The predicted molar refractivity (Wildman–Crippen MR) is 87.5 cm³/mol. The van der Waals surface area contributed by atoms with E-state index in [4.69, 9.17) is 4.74 Å². The molecule has 1 aliphatic rings. The number of amides is 2. The van der Waals surface area contributed by atoms with Crippen LogP contribution in [0, 0.1) is 5.82 Å². The molecule has 124 valence electrons. The third-order valence-electron chi connectivity index (χ3n) is 3.94. The van der Waals surface area contributed by atoms with Gasteiger partial charge in [-0.1, -0.05) is 18.2 Å². The third kappa shape index (κ3) is 2.95. The summed E-state index contributed by atoms with van der Waals surface area (Å²) in [6.45, 7) is 1.92. The SMILES string of the molecule is CC1Oc2ccc(CNC(=O)c3ccccc3F)cc2N(C)C1=O. The van der Waals surface area contributed by atoms with Crippen molar-refractivity contribution in [2.75, 3.05) is 11.9 Å². The fourth-order valence-electron chi connectivity index (χ4n) is 2.59. The molecule has 0 spiro atoms. The van der Waals surface area contributed by atoms with E-state index in [0.29, 0.717) is 11.4 Å². The molecule has 0 bridgehead atoms. The number of carbonyl (C=O) groups is 2. The first-order chi connectivity index (χ1) is 11.5. The smallest absolute Gasteiger partial charge is 0.267 e. The highest BCUT2D eigenvalue weighted by Gasteiger charge is 2.28. The van der Waals surface area contributed by atoms with Crippen molar-refractivity contribution in [3.8, 4) is 5.75 Å². The Hall–Kier alpha value is -2.89. The molecule has 1 unspecified atom stereocenters. The van der Waals surface area contributed by atoms with E-state index in [1.807, 2.05) is 0 Å². The van der Waals surface area contributed by atoms with Crippen LogP contribution in [0.1, 0.15) is 22.8 Å². The number of nitrogens with one attached hydrogen (secondary N) is 1. The summed E-state index contributed by atoms with van der Waals surface area (Å²) in [5.41, 5.74) is 1.44. The molecule has 0 aliphatic carbocycles. The lowest BCUT2D eigenvalue weighted by atomic mass is 10.1. The van der Waals surface area contributed by atoms with E-state index in [2.05, 4.69) is 5.32 Å². The molecular weight excluding hydrogens is 311 g/mol. The van der Waals surface area contributed by atoms with Gasteiger partial charge in [0.05, 0.1) is 11.3 Å². The number of ether oxygens (including phenoxy) is 1. The Morgan fingerprint density at radius 3 is 2.79 bits per heavy atom. The van der Waals surface area contributed by atoms with Gasteiger partial charge in [0.15, 0.2) is 6.10 Å². The molecule has 5 nitrogen and oxygen atoms in total. The number of carbonyl (C=O) groups excluding carboxylic acids is 2. The maximum atomic E-state index is 13.6. The molecule has 2 aromatic rings. The minimum Gasteiger partial charge on any atom is -0.479 e. The number of benzene rings is 2. The van der Waals surface area contributed by atoms with Crippen LogP contribution in [0.5, 0.6) is 5.75 Å². The van der Waals surface area contributed by atoms with Crippen LogP contribution in [0.15, 0.2) is 42.5 Å². The van der Waals surface area contributed by atoms with Gasteiger partial charge in [-0.15, -0.1) is 0 Å². The Morgan fingerprint density at radius 2 is 2.04 bits per heavy atom. The molecule has 0 radical (unpaired) electrons. The van der Waals surface area contributed by atoms with Crippen molar-refractivity contribution in [3.63, 3.8) is 0 Å². The quantitative estimate of drug-likeness (QED) is 0.942. The number of fused-ring (bicyclic) bond motifs is 1. The summed E-state index contributed by atoms with van der Waals surface area (Å²) in [6, 6.07) is 11.2. The second-order valence-corrected chi connectivity index (χ2v) is 5.62. The number of hydrogen-bond donors (Lipinski definition) is 1. The molecule has 0 saturated carbocycles. The van der Waals surface area contributed by atoms with Crippen LogP contribution in [0.3, 0.4) is 0 Å². The predicted octanol–water partition coefficient (Wildman–Crippen LogP) is 2.50. The van der Waals surface area contributed by atoms with Crippen molar-refractivity contribution in [2.24, 2.45) is 0 Å². The maximum Gasteiger partial charge on any atom is 0.267 e. The van der Waals surface area contributed by atoms with Crippen LogP contribution in [0.25, 0.3) is 0 Å². The lowest BCUT2D eigenvalue weighted by molar-refractivity contribution is -0.125. The van der Waals surface area contributed by atoms with Crippen LogP contribution in [0.4, 0.5) is 10.1 Å². The molecule has 2 aromatic carbocycles. The van der Waals surface area contributed by atoms with Crippen LogP contribution in [0.2, 0.25) is 0 Å². The fourth-order valence-corrected chi connectivity index (χ4v) is 2.59. The fraction of sp³-hybridized carbons (Fsp3) is 0.222. The number of nitrogens with zero attached hydrogens (tertiary/aromatic N) is 1. The van der Waals surface area contributed by atoms with Crippen molar-refractivity contribution < 1.29 is 18.7 Å². The average molecular weight is 328 g/mol. The first-order valence-electron chi connectivity index (χ1n) is 7.57. The molecule has 1 atom stereocenters. The Kier molecular flexibility index (Phi) is 4.20. The molecule has 0 fully saturated rings. The molecular formula is C18H17FN2O3. The summed E-state index contributed by atoms with van der Waals surface area (Å²) in [5.74, 6) is -0.558. The van der Waals surface area contributed by atoms with Gasteiger partial charge >= 0.3 is 0 Å². The van der Waals surface area contributed by atoms with E-state index in [9.17, 15) is 14.0 Å². The summed E-state index contributed by atoms with van der Waals surface area (Å²) in [4.78, 5) is 25.6. The summed E-state index contributed by atoms with van der Waals surface area (Å²) >= 11 is 0. The second-order valence-electron chi connectivity index (χ2n) is 5.62. The van der Waals surface area contributed by atoms with Gasteiger partial charge in [-0.05, 0) is 36.8 Å². The molecule has 3 rings (SSSR count). The molecule has 1 heterocycles. The zero-order valence-corrected chi connectivity index (χ0v) is 13.4. The molecule has 0 aromatic heterocycles. The molecule has 1 aliphatic heterocycles. The van der Waals surface area contributed by atoms with Crippen molar-refractivity contribution in [2.45, 2.75) is 19.6 Å². The van der Waals surface area contributed by atoms with Gasteiger partial charge in [0.1, 0.15) is 11.6 Å². The van der Waals surface area contributed by atoms with Crippen LogP contribution < -0.4 is 15.0 Å². The van der Waals surface area contributed by atoms with Crippen molar-refractivity contribution >= 4 is 17.5 Å². The lowest BCUT2D eigenvalue weighted by Crippen LogP contribution is -2.42. The van der Waals surface area contributed by atoms with E-state index < -0.39 is 17.8 Å². The average Bonchev–Trinajstić information content (AvgIpc) is 2.58. The lowest BCUT2D eigenvalue weighted by Gasteiger charge is -2.30. The van der Waals surface area contributed by atoms with E-state index in [-0.39, 0.29) is 18.0 Å². The molecule has 6 heteroatoms. The van der Waals surface area contributed by atoms with Gasteiger partial charge in [0.2, 0.25) is 0 Å². The number of halogens is 1. The van der Waals surface area contributed by atoms with Crippen LogP contribution >= 0.6 is 0 Å². The second kappa shape index (κ2) is 6.31. The zero-order valence-electron chi connectivity index (χ0n) is 13.4. The number of anilines is 1. The Balaban J connectivity index is 1.74. The van der Waals surface area contributed by atoms with Gasteiger partial charge in [-0.2, -0.15) is 0 Å². The standard InChI is InChI=1S/C18H17FN2O3/c1-11-18(23)21(2)15-9-12(7-8-16(15)24-11)10-20-17(22)13-5-3-4-6-14(13)19/h3-9,11H,10H2,1-2H3,(H,20,22). The van der Waals surface area contributed by atoms with Crippen LogP contribution in [-0.4, -0.2) is 25.0 Å². The molecule has 2 amide bonds. The number of likely N-dealkylation sites (N-methyl/N-ethyl adjacent to an activating group) is 1. The number of rotatable bonds is 3. The Morgan fingerprint density at radius 1 is 1.29 bits per heavy atom. The number of hydrogen-bond acceptors (Lipinski definition) is 3. The highest BCUT2D eigenvalue weighted by molar-refractivity contribution is 5.99. The Labute approximate surface area is 139 Å². The van der Waals surface area contributed by atoms with E-state index in [0.717, 1.165) is 5.56 Å². The Bertz CT molecular complexity index is 807. The van der Waals surface area contributed by atoms with Gasteiger partial charge in [-0.3, -0.25) is 9.59 Å². The maximum absolute atomic E-state index is 13.6. The normalized spacial score (nSPS) is 16.4. The minimum atomic E-state index is -0.562. The van der Waals surface area contributed by atoms with Gasteiger partial charge < -0.3 is 15.0 Å². The van der Waals surface area contributed by atoms with Crippen molar-refractivity contribution in [3.05, 3.63) is 59.4 Å². The highest BCUT2D eigenvalue weighted by Crippen LogP contribution is 2.33. The molecule has 1 N–H and O–H groups in total.